The van der Waals surface area contributed by atoms with Crippen molar-refractivity contribution >= 4 is 41.0 Å². The van der Waals surface area contributed by atoms with E-state index in [9.17, 15) is 18.0 Å². The molecule has 2 aliphatic rings. The van der Waals surface area contributed by atoms with Crippen LogP contribution in [0.15, 0.2) is 72.3 Å². The normalized spacial score (nSPS) is 18.0. The molecule has 2 saturated heterocycles. The third-order valence-electron chi connectivity index (χ3n) is 8.04. The lowest BCUT2D eigenvalue weighted by Gasteiger charge is -2.26. The highest BCUT2D eigenvalue weighted by Crippen LogP contribution is 2.34. The van der Waals surface area contributed by atoms with Crippen molar-refractivity contribution in [3.8, 4) is 5.75 Å². The Morgan fingerprint density at radius 3 is 2.37 bits per heavy atom. The number of amides is 1. The lowest BCUT2D eigenvalue weighted by Crippen LogP contribution is -2.28. The van der Waals surface area contributed by atoms with Crippen molar-refractivity contribution in [2.45, 2.75) is 37.9 Å². The molecule has 3 heterocycles. The number of hydrogen-bond donors (Lipinski definition) is 3. The molecule has 240 valence electrons. The number of fused-ring (bicyclic) bond motifs is 1. The van der Waals surface area contributed by atoms with E-state index < -0.39 is 12.1 Å². The number of aliphatic carboxylic acids is 1. The van der Waals surface area contributed by atoms with Crippen molar-refractivity contribution in [2.75, 3.05) is 26.7 Å². The van der Waals surface area contributed by atoms with Crippen molar-refractivity contribution in [1.82, 2.24) is 20.4 Å². The zero-order valence-corrected chi connectivity index (χ0v) is 25.3. The molecule has 3 N–H and O–H groups in total. The first kappa shape index (κ1) is 32.5. The van der Waals surface area contributed by atoms with Crippen molar-refractivity contribution in [1.29, 1.82) is 0 Å². The van der Waals surface area contributed by atoms with E-state index in [1.54, 1.807) is 7.11 Å². The maximum absolute atomic E-state index is 12.7. The summed E-state index contributed by atoms with van der Waals surface area (Å²) >= 11 is 0. The first-order valence-corrected chi connectivity index (χ1v) is 15.0. The summed E-state index contributed by atoms with van der Waals surface area (Å²) in [5, 5.41) is 18.8. The molecule has 1 amide bonds. The second-order valence-corrected chi connectivity index (χ2v) is 11.2. The number of aromatic nitrogens is 2. The monoisotopic (exact) mass is 632 g/mol. The molecule has 0 aliphatic carbocycles. The number of benzene rings is 3. The average Bonchev–Trinajstić information content (AvgIpc) is 3.64. The third-order valence-corrected chi connectivity index (χ3v) is 8.04. The van der Waals surface area contributed by atoms with Gasteiger partial charge in [0, 0.05) is 24.6 Å². The fraction of sp³-hybridized carbons (Fsp3) is 0.286. The van der Waals surface area contributed by atoms with Crippen LogP contribution in [-0.4, -0.2) is 65.0 Å². The zero-order valence-electron chi connectivity index (χ0n) is 25.3. The molecule has 1 unspecified atom stereocenters. The van der Waals surface area contributed by atoms with Crippen LogP contribution < -0.4 is 10.1 Å². The quantitative estimate of drug-likeness (QED) is 0.197. The summed E-state index contributed by atoms with van der Waals surface area (Å²) in [6.07, 6.45) is 4.97. The number of piperidine rings is 1. The fourth-order valence-corrected chi connectivity index (χ4v) is 5.71. The van der Waals surface area contributed by atoms with E-state index >= 15 is 0 Å². The summed E-state index contributed by atoms with van der Waals surface area (Å²) in [5.74, 6) is -2.04. The Hall–Kier alpha value is -4.90. The molecule has 11 heteroatoms. The number of carbonyl (C=O) groups excluding carboxylic acids is 1. The fourth-order valence-electron chi connectivity index (χ4n) is 5.71. The SMILES string of the molecule is COc1cc(/C=C2/C(=O)NCC2c2ccccc2)cc2[nH]nc(/C=C/c3ccc(CN4CCCCC4)cc3)c12.O=C(O)C(F)(F)F. The van der Waals surface area contributed by atoms with Gasteiger partial charge in [-0.2, -0.15) is 18.3 Å². The Bertz CT molecular complexity index is 1720. The summed E-state index contributed by atoms with van der Waals surface area (Å²) in [4.78, 5) is 24.1. The number of nitrogens with zero attached hydrogens (tertiary/aromatic N) is 2. The van der Waals surface area contributed by atoms with E-state index in [2.05, 4.69) is 62.9 Å². The highest BCUT2D eigenvalue weighted by atomic mass is 19.4. The predicted molar refractivity (Wildman–Crippen MR) is 171 cm³/mol. The van der Waals surface area contributed by atoms with Gasteiger partial charge in [-0.15, -0.1) is 0 Å². The molecule has 4 aromatic rings. The van der Waals surface area contributed by atoms with Crippen LogP contribution in [0, 0.1) is 0 Å². The molecule has 1 aromatic heterocycles. The van der Waals surface area contributed by atoms with E-state index in [1.807, 2.05) is 42.5 Å². The summed E-state index contributed by atoms with van der Waals surface area (Å²) in [7, 11) is 1.67. The van der Waals surface area contributed by atoms with Gasteiger partial charge in [-0.05, 0) is 72.5 Å². The first-order chi connectivity index (χ1) is 22.1. The first-order valence-electron chi connectivity index (χ1n) is 15.0. The number of methoxy groups -OCH3 is 1. The molecule has 1 atom stereocenters. The number of aromatic amines is 1. The molecule has 2 aliphatic heterocycles. The minimum atomic E-state index is -5.08. The summed E-state index contributed by atoms with van der Waals surface area (Å²) in [5.41, 5.74) is 6.96. The van der Waals surface area contributed by atoms with Crippen molar-refractivity contribution in [3.63, 3.8) is 0 Å². The van der Waals surface area contributed by atoms with Crippen LogP contribution >= 0.6 is 0 Å². The summed E-state index contributed by atoms with van der Waals surface area (Å²) in [6, 6.07) is 22.9. The van der Waals surface area contributed by atoms with Gasteiger partial charge in [-0.3, -0.25) is 14.8 Å². The summed E-state index contributed by atoms with van der Waals surface area (Å²) < 4.78 is 37.5. The van der Waals surface area contributed by atoms with E-state index in [1.165, 1.54) is 37.9 Å². The molecule has 0 saturated carbocycles. The summed E-state index contributed by atoms with van der Waals surface area (Å²) in [6.45, 7) is 4.04. The van der Waals surface area contributed by atoms with Crippen molar-refractivity contribution in [2.24, 2.45) is 0 Å². The van der Waals surface area contributed by atoms with Gasteiger partial charge >= 0.3 is 12.1 Å². The van der Waals surface area contributed by atoms with Gasteiger partial charge in [0.05, 0.1) is 23.7 Å². The molecular formula is C35H35F3N4O4. The number of H-pyrrole nitrogens is 1. The van der Waals surface area contributed by atoms with Gasteiger partial charge in [0.25, 0.3) is 0 Å². The van der Waals surface area contributed by atoms with Crippen LogP contribution in [-0.2, 0) is 16.1 Å². The smallest absolute Gasteiger partial charge is 0.490 e. The minimum absolute atomic E-state index is 0.0203. The van der Waals surface area contributed by atoms with Crippen molar-refractivity contribution in [3.05, 3.63) is 100 Å². The molecule has 6 rings (SSSR count). The van der Waals surface area contributed by atoms with E-state index in [4.69, 9.17) is 14.6 Å². The number of ether oxygens (including phenoxy) is 1. The molecule has 2 fully saturated rings. The Morgan fingerprint density at radius 1 is 1.02 bits per heavy atom. The number of carbonyl (C=O) groups is 2. The van der Waals surface area contributed by atoms with Gasteiger partial charge in [0.15, 0.2) is 0 Å². The number of alkyl halides is 3. The minimum Gasteiger partial charge on any atom is -0.496 e. The van der Waals surface area contributed by atoms with Crippen molar-refractivity contribution < 1.29 is 32.6 Å². The van der Waals surface area contributed by atoms with Crippen LogP contribution in [0.2, 0.25) is 0 Å². The number of likely N-dealkylation sites (tertiary alicyclic amines) is 1. The van der Waals surface area contributed by atoms with E-state index in [0.717, 1.165) is 51.2 Å². The van der Waals surface area contributed by atoms with Gasteiger partial charge in [0.1, 0.15) is 5.75 Å². The van der Waals surface area contributed by atoms with Gasteiger partial charge < -0.3 is 15.2 Å². The standard InChI is InChI=1S/C33H34N4O2.C2HF3O2/c1-39-31-20-25(18-27-28(21-34-33(27)38)26-8-4-2-5-9-26)19-30-32(31)29(35-36-30)15-14-23-10-12-24(13-11-23)22-37-16-6-3-7-17-37;3-2(4,5)1(6)7/h2,4-5,8-15,18-20,28H,3,6-7,16-17,21-22H2,1H3,(H,34,38)(H,35,36);(H,6,7)/b15-14+,27-18+;. The second-order valence-electron chi connectivity index (χ2n) is 11.2. The number of rotatable bonds is 7. The van der Waals surface area contributed by atoms with Crippen LogP contribution in [0.5, 0.6) is 5.75 Å². The van der Waals surface area contributed by atoms with Gasteiger partial charge in [-0.25, -0.2) is 4.79 Å². The molecule has 0 radical (unpaired) electrons. The highest BCUT2D eigenvalue weighted by Gasteiger charge is 2.38. The molecule has 3 aromatic carbocycles. The molecular weight excluding hydrogens is 597 g/mol. The maximum atomic E-state index is 12.7. The number of carboxylic acid groups (broad SMARTS) is 1. The second kappa shape index (κ2) is 14.5. The van der Waals surface area contributed by atoms with Gasteiger partial charge in [-0.1, -0.05) is 67.1 Å². The van der Waals surface area contributed by atoms with E-state index in [0.29, 0.717) is 6.54 Å². The Morgan fingerprint density at radius 2 is 1.72 bits per heavy atom. The topological polar surface area (TPSA) is 108 Å². The number of nitrogens with one attached hydrogen (secondary N) is 2. The number of carboxylic acids is 1. The lowest BCUT2D eigenvalue weighted by molar-refractivity contribution is -0.192. The Balaban J connectivity index is 0.000000537. The third kappa shape index (κ3) is 8.02. The number of hydrogen-bond acceptors (Lipinski definition) is 5. The molecule has 0 bridgehead atoms. The van der Waals surface area contributed by atoms with Crippen LogP contribution in [0.25, 0.3) is 29.1 Å². The lowest BCUT2D eigenvalue weighted by atomic mass is 9.92. The Kier molecular flexibility index (Phi) is 10.2. The van der Waals surface area contributed by atoms with Crippen LogP contribution in [0.1, 0.15) is 53.1 Å². The highest BCUT2D eigenvalue weighted by molar-refractivity contribution is 6.03. The van der Waals surface area contributed by atoms with E-state index in [-0.39, 0.29) is 11.8 Å². The number of halogens is 3. The predicted octanol–water partition coefficient (Wildman–Crippen LogP) is 6.66. The largest absolute Gasteiger partial charge is 0.496 e. The zero-order chi connectivity index (χ0) is 32.7. The average molecular weight is 633 g/mol. The Labute approximate surface area is 264 Å². The molecule has 8 nitrogen and oxygen atoms in total. The molecule has 46 heavy (non-hydrogen) atoms. The van der Waals surface area contributed by atoms with Gasteiger partial charge in [0.2, 0.25) is 5.91 Å². The molecule has 0 spiro atoms. The van der Waals surface area contributed by atoms with Crippen LogP contribution in [0.4, 0.5) is 13.2 Å². The van der Waals surface area contributed by atoms with Crippen LogP contribution in [0.3, 0.4) is 0 Å². The maximum Gasteiger partial charge on any atom is 0.490 e.